The summed E-state index contributed by atoms with van der Waals surface area (Å²) in [5.74, 6) is 1.44. The summed E-state index contributed by atoms with van der Waals surface area (Å²) in [6.07, 6.45) is 1.81. The Balaban J connectivity index is 0.00000480. The monoisotopic (exact) mass is 546 g/mol. The summed E-state index contributed by atoms with van der Waals surface area (Å²) in [4.78, 5) is 31.9. The van der Waals surface area contributed by atoms with E-state index in [1.54, 1.807) is 33.2 Å². The second-order valence-corrected chi connectivity index (χ2v) is 7.52. The summed E-state index contributed by atoms with van der Waals surface area (Å²) in [6, 6.07) is 8.00. The van der Waals surface area contributed by atoms with E-state index in [1.165, 1.54) is 0 Å². The van der Waals surface area contributed by atoms with E-state index in [-0.39, 0.29) is 48.4 Å². The van der Waals surface area contributed by atoms with Gasteiger partial charge in [-0.15, -0.1) is 24.0 Å². The Hall–Kier alpha value is -2.08. The van der Waals surface area contributed by atoms with Gasteiger partial charge in [0.1, 0.15) is 5.75 Å². The third-order valence-electron chi connectivity index (χ3n) is 5.06. The Morgan fingerprint density at radius 2 is 1.84 bits per heavy atom. The molecule has 2 rings (SSSR count). The first-order valence-electron chi connectivity index (χ1n) is 10.2. The number of guanidine groups is 1. The first kappa shape index (κ1) is 27.0. The zero-order chi connectivity index (χ0) is 21.9. The van der Waals surface area contributed by atoms with E-state index in [0.29, 0.717) is 19.0 Å². The normalized spacial score (nSPS) is 14.9. The zero-order valence-corrected chi connectivity index (χ0v) is 21.1. The van der Waals surface area contributed by atoms with Crippen molar-refractivity contribution in [2.24, 2.45) is 4.99 Å². The number of halogens is 1. The van der Waals surface area contributed by atoms with Gasteiger partial charge in [0.2, 0.25) is 11.8 Å². The molecule has 174 valence electrons. The Kier molecular flexibility index (Phi) is 12.2. The lowest BCUT2D eigenvalue weighted by molar-refractivity contribution is -0.127. The van der Waals surface area contributed by atoms with Crippen LogP contribution in [-0.4, -0.2) is 88.0 Å². The largest absolute Gasteiger partial charge is 0.497 e. The van der Waals surface area contributed by atoms with Crippen molar-refractivity contribution >= 4 is 41.8 Å². The lowest BCUT2D eigenvalue weighted by Gasteiger charge is -2.32. The van der Waals surface area contributed by atoms with Crippen LogP contribution in [0.5, 0.6) is 5.75 Å². The molecular formula is C21H35IN6O3. The highest BCUT2D eigenvalue weighted by atomic mass is 127. The summed E-state index contributed by atoms with van der Waals surface area (Å²) in [7, 11) is 6.76. The van der Waals surface area contributed by atoms with Crippen molar-refractivity contribution in [3.63, 3.8) is 0 Å². The van der Waals surface area contributed by atoms with E-state index in [2.05, 4.69) is 25.8 Å². The molecule has 10 heteroatoms. The number of benzene rings is 1. The number of likely N-dealkylation sites (N-methyl/N-ethyl adjacent to an activating group) is 2. The van der Waals surface area contributed by atoms with Crippen LogP contribution < -0.4 is 20.7 Å². The summed E-state index contributed by atoms with van der Waals surface area (Å²) >= 11 is 0. The fraction of sp³-hybridized carbons (Fsp3) is 0.571. The van der Waals surface area contributed by atoms with Gasteiger partial charge in [-0.05, 0) is 30.5 Å². The Morgan fingerprint density at radius 3 is 2.39 bits per heavy atom. The minimum atomic E-state index is -0.0191. The number of ether oxygens (including phenoxy) is 1. The number of rotatable bonds is 8. The summed E-state index contributed by atoms with van der Waals surface area (Å²) in [6.45, 7) is 2.78. The number of piperidine rings is 1. The van der Waals surface area contributed by atoms with E-state index >= 15 is 0 Å². The van der Waals surface area contributed by atoms with Crippen LogP contribution in [0.1, 0.15) is 18.4 Å². The molecule has 0 radical (unpaired) electrons. The number of aliphatic imine (C=N–C) groups is 1. The number of likely N-dealkylation sites (tertiary alicyclic amines) is 1. The second kappa shape index (κ2) is 14.1. The van der Waals surface area contributed by atoms with Gasteiger partial charge in [0.25, 0.3) is 0 Å². The van der Waals surface area contributed by atoms with Crippen LogP contribution in [0.3, 0.4) is 0 Å². The number of hydrogen-bond donors (Lipinski definition) is 3. The Bertz CT molecular complexity index is 718. The number of amides is 2. The van der Waals surface area contributed by atoms with E-state index in [0.717, 1.165) is 37.2 Å². The highest BCUT2D eigenvalue weighted by Crippen LogP contribution is 2.12. The van der Waals surface area contributed by atoms with Gasteiger partial charge >= 0.3 is 0 Å². The molecule has 1 aromatic rings. The first-order valence-corrected chi connectivity index (χ1v) is 10.2. The molecule has 0 unspecified atom stereocenters. The number of carbonyl (C=O) groups excluding carboxylic acids is 2. The molecule has 9 nitrogen and oxygen atoms in total. The Morgan fingerprint density at radius 1 is 1.19 bits per heavy atom. The standard InChI is InChI=1S/C21H34N6O3.HI/c1-22-19(28)15-27-11-9-17(10-12-27)25-21(24-14-20(29)26(2)3)23-13-16-5-7-18(30-4)8-6-16;/h5-8,17H,9-15H2,1-4H3,(H,22,28)(H2,23,24,25);1H. The third-order valence-corrected chi connectivity index (χ3v) is 5.06. The quantitative estimate of drug-likeness (QED) is 0.252. The van der Waals surface area contributed by atoms with Crippen LogP contribution >= 0.6 is 24.0 Å². The number of nitrogens with one attached hydrogen (secondary N) is 3. The SMILES string of the molecule is CNC(=O)CN1CCC(NC(=NCc2ccc(OC)cc2)NCC(=O)N(C)C)CC1.I. The van der Waals surface area contributed by atoms with Gasteiger partial charge in [0.15, 0.2) is 5.96 Å². The predicted molar refractivity (Wildman–Crippen MR) is 133 cm³/mol. The number of nitrogens with zero attached hydrogens (tertiary/aromatic N) is 3. The molecule has 1 aromatic carbocycles. The van der Waals surface area contributed by atoms with Crippen LogP contribution in [0.25, 0.3) is 0 Å². The van der Waals surface area contributed by atoms with Gasteiger partial charge in [-0.3, -0.25) is 14.5 Å². The molecule has 2 amide bonds. The molecule has 1 aliphatic rings. The van der Waals surface area contributed by atoms with Gasteiger partial charge in [0.05, 0.1) is 26.7 Å². The molecule has 1 saturated heterocycles. The molecule has 1 aliphatic heterocycles. The van der Waals surface area contributed by atoms with Crippen LogP contribution in [0.15, 0.2) is 29.3 Å². The molecule has 0 aliphatic carbocycles. The molecule has 0 aromatic heterocycles. The summed E-state index contributed by atoms with van der Waals surface area (Å²) in [5, 5.41) is 9.25. The minimum absolute atomic E-state index is 0. The topological polar surface area (TPSA) is 98.3 Å². The molecule has 0 saturated carbocycles. The molecule has 0 bridgehead atoms. The lowest BCUT2D eigenvalue weighted by atomic mass is 10.1. The molecule has 3 N–H and O–H groups in total. The molecule has 31 heavy (non-hydrogen) atoms. The highest BCUT2D eigenvalue weighted by Gasteiger charge is 2.21. The molecular weight excluding hydrogens is 511 g/mol. The van der Waals surface area contributed by atoms with Crippen molar-refractivity contribution in [1.82, 2.24) is 25.8 Å². The average Bonchev–Trinajstić information content (AvgIpc) is 2.76. The van der Waals surface area contributed by atoms with Gasteiger partial charge in [-0.2, -0.15) is 0 Å². The average molecular weight is 546 g/mol. The highest BCUT2D eigenvalue weighted by molar-refractivity contribution is 14.0. The zero-order valence-electron chi connectivity index (χ0n) is 18.8. The molecule has 0 atom stereocenters. The first-order chi connectivity index (χ1) is 14.4. The smallest absolute Gasteiger partial charge is 0.241 e. The minimum Gasteiger partial charge on any atom is -0.497 e. The third kappa shape index (κ3) is 9.72. The maximum atomic E-state index is 12.0. The van der Waals surface area contributed by atoms with Crippen molar-refractivity contribution < 1.29 is 14.3 Å². The maximum absolute atomic E-state index is 12.0. The Labute approximate surface area is 202 Å². The van der Waals surface area contributed by atoms with Crippen LogP contribution in [0, 0.1) is 0 Å². The van der Waals surface area contributed by atoms with Gasteiger partial charge in [0, 0.05) is 40.3 Å². The van der Waals surface area contributed by atoms with E-state index in [9.17, 15) is 9.59 Å². The van der Waals surface area contributed by atoms with E-state index in [1.807, 2.05) is 24.3 Å². The van der Waals surface area contributed by atoms with Gasteiger partial charge in [-0.25, -0.2) is 4.99 Å². The molecule has 1 heterocycles. The molecule has 0 spiro atoms. The fourth-order valence-electron chi connectivity index (χ4n) is 3.08. The summed E-state index contributed by atoms with van der Waals surface area (Å²) < 4.78 is 5.19. The van der Waals surface area contributed by atoms with Crippen molar-refractivity contribution in [2.75, 3.05) is 54.4 Å². The lowest BCUT2D eigenvalue weighted by Crippen LogP contribution is -2.51. The van der Waals surface area contributed by atoms with Crippen molar-refractivity contribution in [2.45, 2.75) is 25.4 Å². The summed E-state index contributed by atoms with van der Waals surface area (Å²) in [5.41, 5.74) is 1.05. The van der Waals surface area contributed by atoms with Crippen LogP contribution in [-0.2, 0) is 16.1 Å². The number of methoxy groups -OCH3 is 1. The second-order valence-electron chi connectivity index (χ2n) is 7.52. The predicted octanol–water partition coefficient (Wildman–Crippen LogP) is 0.647. The van der Waals surface area contributed by atoms with Crippen LogP contribution in [0.2, 0.25) is 0 Å². The fourth-order valence-corrected chi connectivity index (χ4v) is 3.08. The maximum Gasteiger partial charge on any atom is 0.241 e. The van der Waals surface area contributed by atoms with Gasteiger partial charge in [-0.1, -0.05) is 12.1 Å². The van der Waals surface area contributed by atoms with Crippen molar-refractivity contribution in [3.05, 3.63) is 29.8 Å². The van der Waals surface area contributed by atoms with E-state index < -0.39 is 0 Å². The number of hydrogen-bond acceptors (Lipinski definition) is 5. The van der Waals surface area contributed by atoms with Crippen LogP contribution in [0.4, 0.5) is 0 Å². The number of carbonyl (C=O) groups is 2. The van der Waals surface area contributed by atoms with E-state index in [4.69, 9.17) is 4.74 Å². The van der Waals surface area contributed by atoms with Crippen molar-refractivity contribution in [1.29, 1.82) is 0 Å². The van der Waals surface area contributed by atoms with Gasteiger partial charge < -0.3 is 25.6 Å². The molecule has 1 fully saturated rings. The van der Waals surface area contributed by atoms with Crippen molar-refractivity contribution in [3.8, 4) is 5.75 Å².